The fraction of sp³-hybridized carbons (Fsp3) is 0.444. The Hall–Kier alpha value is -2.14. The van der Waals surface area contributed by atoms with Crippen molar-refractivity contribution < 1.29 is 4.79 Å². The van der Waals surface area contributed by atoms with Gasteiger partial charge in [-0.1, -0.05) is 30.3 Å². The van der Waals surface area contributed by atoms with Gasteiger partial charge in [0.2, 0.25) is 0 Å². The average molecular weight is 310 g/mol. The number of carbonyl (C=O) groups is 1. The molecule has 5 heteroatoms. The second-order valence-electron chi connectivity index (χ2n) is 6.67. The van der Waals surface area contributed by atoms with E-state index in [1.165, 1.54) is 18.4 Å². The fourth-order valence-corrected chi connectivity index (χ4v) is 3.32. The number of benzene rings is 1. The molecular weight excluding hydrogens is 288 g/mol. The topological polar surface area (TPSA) is 52.2 Å². The van der Waals surface area contributed by atoms with E-state index in [0.29, 0.717) is 11.6 Å². The standard InChI is InChI=1S/C18H22N4O/c1-21-9-10-22(17(12-21)14-5-3-2-4-6-14)18(23)16-11-15(19-20-16)13-7-8-13/h2-6,11,13,17H,7-10,12H2,1H3,(H,19,20)/t17-/m0/s1. The molecule has 2 aliphatic rings. The first-order chi connectivity index (χ1) is 11.2. The maximum atomic E-state index is 13.0. The van der Waals surface area contributed by atoms with Gasteiger partial charge in [0, 0.05) is 31.2 Å². The van der Waals surface area contributed by atoms with Crippen LogP contribution in [0.5, 0.6) is 0 Å². The third-order valence-electron chi connectivity index (χ3n) is 4.86. The number of amides is 1. The zero-order valence-electron chi connectivity index (χ0n) is 13.4. The lowest BCUT2D eigenvalue weighted by Crippen LogP contribution is -2.49. The van der Waals surface area contributed by atoms with Gasteiger partial charge in [0.05, 0.1) is 6.04 Å². The van der Waals surface area contributed by atoms with Crippen LogP contribution in [0.25, 0.3) is 0 Å². The van der Waals surface area contributed by atoms with E-state index in [9.17, 15) is 4.79 Å². The zero-order valence-corrected chi connectivity index (χ0v) is 13.4. The Kier molecular flexibility index (Phi) is 3.65. The molecule has 2 fully saturated rings. The summed E-state index contributed by atoms with van der Waals surface area (Å²) in [6, 6.07) is 12.3. The van der Waals surface area contributed by atoms with Crippen LogP contribution in [-0.4, -0.2) is 52.6 Å². The summed E-state index contributed by atoms with van der Waals surface area (Å²) in [5.41, 5.74) is 2.85. The summed E-state index contributed by atoms with van der Waals surface area (Å²) in [4.78, 5) is 17.2. The van der Waals surface area contributed by atoms with Gasteiger partial charge >= 0.3 is 0 Å². The summed E-state index contributed by atoms with van der Waals surface area (Å²) in [7, 11) is 2.11. The predicted octanol–water partition coefficient (Wildman–Crippen LogP) is 2.42. The molecule has 2 aromatic rings. The van der Waals surface area contributed by atoms with Crippen molar-refractivity contribution in [2.24, 2.45) is 0 Å². The van der Waals surface area contributed by atoms with Gasteiger partial charge in [-0.15, -0.1) is 0 Å². The minimum Gasteiger partial charge on any atom is -0.328 e. The number of nitrogens with one attached hydrogen (secondary N) is 1. The van der Waals surface area contributed by atoms with Crippen LogP contribution in [0, 0.1) is 0 Å². The number of hydrogen-bond acceptors (Lipinski definition) is 3. The highest BCUT2D eigenvalue weighted by atomic mass is 16.2. The van der Waals surface area contributed by atoms with Crippen LogP contribution in [-0.2, 0) is 0 Å². The Labute approximate surface area is 136 Å². The number of likely N-dealkylation sites (N-methyl/N-ethyl adjacent to an activating group) is 1. The van der Waals surface area contributed by atoms with Crippen molar-refractivity contribution in [3.8, 4) is 0 Å². The highest BCUT2D eigenvalue weighted by molar-refractivity contribution is 5.92. The highest BCUT2D eigenvalue weighted by Gasteiger charge is 2.33. The van der Waals surface area contributed by atoms with Crippen molar-refractivity contribution in [2.75, 3.05) is 26.7 Å². The first-order valence-corrected chi connectivity index (χ1v) is 8.32. The van der Waals surface area contributed by atoms with E-state index in [2.05, 4.69) is 34.3 Å². The number of aromatic nitrogens is 2. The largest absolute Gasteiger partial charge is 0.328 e. The molecule has 4 rings (SSSR count). The molecule has 0 spiro atoms. The first-order valence-electron chi connectivity index (χ1n) is 8.32. The summed E-state index contributed by atoms with van der Waals surface area (Å²) in [5, 5.41) is 7.31. The first kappa shape index (κ1) is 14.5. The molecule has 1 atom stereocenters. The molecule has 1 amide bonds. The quantitative estimate of drug-likeness (QED) is 0.947. The Morgan fingerprint density at radius 1 is 1.22 bits per heavy atom. The van der Waals surface area contributed by atoms with Crippen LogP contribution in [0.4, 0.5) is 0 Å². The molecule has 0 radical (unpaired) electrons. The van der Waals surface area contributed by atoms with Gasteiger partial charge in [0.25, 0.3) is 5.91 Å². The molecule has 0 unspecified atom stereocenters. The van der Waals surface area contributed by atoms with Gasteiger partial charge in [-0.2, -0.15) is 5.10 Å². The molecule has 1 aromatic heterocycles. The molecular formula is C18H22N4O. The Morgan fingerprint density at radius 2 is 2.00 bits per heavy atom. The van der Waals surface area contributed by atoms with Gasteiger partial charge in [-0.3, -0.25) is 9.89 Å². The minimum atomic E-state index is 0.0371. The molecule has 1 aliphatic carbocycles. The monoisotopic (exact) mass is 310 g/mol. The number of H-pyrrole nitrogens is 1. The zero-order chi connectivity index (χ0) is 15.8. The van der Waals surface area contributed by atoms with Crippen LogP contribution >= 0.6 is 0 Å². The van der Waals surface area contributed by atoms with Crippen molar-refractivity contribution >= 4 is 5.91 Å². The lowest BCUT2D eigenvalue weighted by molar-refractivity contribution is 0.0492. The predicted molar refractivity (Wildman–Crippen MR) is 88.3 cm³/mol. The van der Waals surface area contributed by atoms with Crippen molar-refractivity contribution in [1.82, 2.24) is 20.0 Å². The van der Waals surface area contributed by atoms with Crippen LogP contribution in [0.3, 0.4) is 0 Å². The molecule has 1 aliphatic heterocycles. The second kappa shape index (κ2) is 5.81. The molecule has 1 saturated carbocycles. The number of aromatic amines is 1. The van der Waals surface area contributed by atoms with Gasteiger partial charge in [-0.25, -0.2) is 0 Å². The fourth-order valence-electron chi connectivity index (χ4n) is 3.32. The van der Waals surface area contributed by atoms with E-state index in [-0.39, 0.29) is 11.9 Å². The van der Waals surface area contributed by atoms with Crippen LogP contribution in [0.15, 0.2) is 36.4 Å². The molecule has 23 heavy (non-hydrogen) atoms. The van der Waals surface area contributed by atoms with Gasteiger partial charge in [0.15, 0.2) is 0 Å². The molecule has 1 saturated heterocycles. The summed E-state index contributed by atoms with van der Waals surface area (Å²) in [6.07, 6.45) is 2.41. The minimum absolute atomic E-state index is 0.0371. The number of piperazine rings is 1. The number of nitrogens with zero attached hydrogens (tertiary/aromatic N) is 3. The van der Waals surface area contributed by atoms with Crippen molar-refractivity contribution in [2.45, 2.75) is 24.8 Å². The van der Waals surface area contributed by atoms with Crippen LogP contribution < -0.4 is 0 Å². The van der Waals surface area contributed by atoms with Crippen LogP contribution in [0.1, 0.15) is 46.5 Å². The second-order valence-corrected chi connectivity index (χ2v) is 6.67. The summed E-state index contributed by atoms with van der Waals surface area (Å²) >= 11 is 0. The molecule has 1 N–H and O–H groups in total. The maximum absolute atomic E-state index is 13.0. The van der Waals surface area contributed by atoms with E-state index < -0.39 is 0 Å². The molecule has 5 nitrogen and oxygen atoms in total. The maximum Gasteiger partial charge on any atom is 0.274 e. The number of rotatable bonds is 3. The van der Waals surface area contributed by atoms with Crippen molar-refractivity contribution in [3.05, 3.63) is 53.3 Å². The average Bonchev–Trinajstić information content (AvgIpc) is 3.32. The Balaban J connectivity index is 1.60. The molecule has 2 heterocycles. The summed E-state index contributed by atoms with van der Waals surface area (Å²) in [5.74, 6) is 0.622. The smallest absolute Gasteiger partial charge is 0.274 e. The molecule has 0 bridgehead atoms. The lowest BCUT2D eigenvalue weighted by Gasteiger charge is -2.40. The van der Waals surface area contributed by atoms with Gasteiger partial charge in [0.1, 0.15) is 5.69 Å². The van der Waals surface area contributed by atoms with Gasteiger partial charge in [-0.05, 0) is 31.5 Å². The third kappa shape index (κ3) is 2.88. The third-order valence-corrected chi connectivity index (χ3v) is 4.86. The van der Waals surface area contributed by atoms with E-state index in [0.717, 1.165) is 25.3 Å². The SMILES string of the molecule is CN1CCN(C(=O)c2cc(C3CC3)[nH]n2)[C@H](c2ccccc2)C1. The normalized spacial score (nSPS) is 22.3. The van der Waals surface area contributed by atoms with Crippen molar-refractivity contribution in [3.63, 3.8) is 0 Å². The Bertz CT molecular complexity index is 692. The Morgan fingerprint density at radius 3 is 2.74 bits per heavy atom. The highest BCUT2D eigenvalue weighted by Crippen LogP contribution is 2.39. The lowest BCUT2D eigenvalue weighted by atomic mass is 10.0. The van der Waals surface area contributed by atoms with E-state index in [1.807, 2.05) is 29.2 Å². The summed E-state index contributed by atoms with van der Waals surface area (Å²) < 4.78 is 0. The van der Waals surface area contributed by atoms with Crippen molar-refractivity contribution in [1.29, 1.82) is 0 Å². The molecule has 120 valence electrons. The number of carbonyl (C=O) groups excluding carboxylic acids is 1. The number of hydrogen-bond donors (Lipinski definition) is 1. The van der Waals surface area contributed by atoms with E-state index in [4.69, 9.17) is 0 Å². The molecule has 1 aromatic carbocycles. The van der Waals surface area contributed by atoms with E-state index >= 15 is 0 Å². The summed E-state index contributed by atoms with van der Waals surface area (Å²) in [6.45, 7) is 2.49. The van der Waals surface area contributed by atoms with Gasteiger partial charge < -0.3 is 9.80 Å². The van der Waals surface area contributed by atoms with E-state index in [1.54, 1.807) is 0 Å². The van der Waals surface area contributed by atoms with Crippen LogP contribution in [0.2, 0.25) is 0 Å².